The van der Waals surface area contributed by atoms with Crippen LogP contribution in [0.15, 0.2) is 41.7 Å². The van der Waals surface area contributed by atoms with Gasteiger partial charge in [0.15, 0.2) is 11.4 Å². The van der Waals surface area contributed by atoms with Crippen molar-refractivity contribution in [3.63, 3.8) is 0 Å². The number of para-hydroxylation sites is 1. The summed E-state index contributed by atoms with van der Waals surface area (Å²) in [4.78, 5) is 37.0. The number of carbonyl (C=O) groups is 3. The fourth-order valence-electron chi connectivity index (χ4n) is 2.49. The molecule has 24 heavy (non-hydrogen) atoms. The number of carboxylic acid groups (broad SMARTS) is 1. The Kier molecular flexibility index (Phi) is 4.47. The van der Waals surface area contributed by atoms with Gasteiger partial charge in [0.1, 0.15) is 6.54 Å². The van der Waals surface area contributed by atoms with E-state index in [9.17, 15) is 14.4 Å². The Labute approximate surface area is 139 Å². The number of hydrogen-bond donors (Lipinski definition) is 3. The van der Waals surface area contributed by atoms with Crippen molar-refractivity contribution in [3.8, 4) is 0 Å². The molecule has 128 valence electrons. The molecule has 1 aliphatic rings. The molecule has 0 saturated heterocycles. The number of allylic oxidation sites excluding steroid dienone is 1. The van der Waals surface area contributed by atoms with Crippen molar-refractivity contribution in [1.82, 2.24) is 20.0 Å². The highest BCUT2D eigenvalue weighted by molar-refractivity contribution is 6.04. The zero-order valence-corrected chi connectivity index (χ0v) is 13.7. The summed E-state index contributed by atoms with van der Waals surface area (Å²) < 4.78 is -0.665. The second-order valence-electron chi connectivity index (χ2n) is 5.47. The van der Waals surface area contributed by atoms with Gasteiger partial charge in [0.05, 0.1) is 12.7 Å². The van der Waals surface area contributed by atoms with Crippen LogP contribution >= 0.6 is 0 Å². The van der Waals surface area contributed by atoms with E-state index in [0.717, 1.165) is 4.90 Å². The lowest BCUT2D eigenvalue weighted by Gasteiger charge is -2.36. The zero-order chi connectivity index (χ0) is 18.1. The van der Waals surface area contributed by atoms with Gasteiger partial charge in [-0.2, -0.15) is 5.01 Å². The van der Waals surface area contributed by atoms with Gasteiger partial charge < -0.3 is 15.7 Å². The minimum atomic E-state index is -1.16. The van der Waals surface area contributed by atoms with Gasteiger partial charge >= 0.3 is 17.9 Å². The number of likely N-dealkylation sites (N-methyl/N-ethyl adjacent to an activating group) is 1. The molecule has 2 rings (SSSR count). The summed E-state index contributed by atoms with van der Waals surface area (Å²) in [6, 6.07) is 7.88. The van der Waals surface area contributed by atoms with Gasteiger partial charge in [0, 0.05) is 19.2 Å². The molecule has 1 atom stereocenters. The van der Waals surface area contributed by atoms with Crippen molar-refractivity contribution in [2.45, 2.75) is 6.92 Å². The number of carbonyl (C=O) groups excluding carboxylic acids is 2. The van der Waals surface area contributed by atoms with E-state index >= 15 is 0 Å². The Bertz CT molecular complexity index is 718. The molecule has 1 aromatic rings. The third kappa shape index (κ3) is 2.65. The maximum Gasteiger partial charge on any atom is 0.418 e. The first kappa shape index (κ1) is 17.3. The lowest BCUT2D eigenvalue weighted by atomic mass is 10.3. The number of nitrogens with two attached hydrogens (primary N) is 1. The molecule has 0 aromatic heterocycles. The van der Waals surface area contributed by atoms with Crippen molar-refractivity contribution >= 4 is 23.6 Å². The predicted molar refractivity (Wildman–Crippen MR) is 86.7 cm³/mol. The molecular formula is C15H20N5O4+. The molecule has 3 amide bonds. The van der Waals surface area contributed by atoms with Crippen LogP contribution in [0.1, 0.15) is 6.92 Å². The topological polar surface area (TPSA) is 116 Å². The third-order valence-electron chi connectivity index (χ3n) is 3.96. The van der Waals surface area contributed by atoms with E-state index < -0.39 is 29.2 Å². The van der Waals surface area contributed by atoms with Gasteiger partial charge in [-0.3, -0.25) is 4.79 Å². The molecule has 0 bridgehead atoms. The maximum atomic E-state index is 12.8. The second-order valence-corrected chi connectivity index (χ2v) is 5.47. The molecule has 0 radical (unpaired) electrons. The van der Waals surface area contributed by atoms with Gasteiger partial charge in [-0.1, -0.05) is 18.2 Å². The molecule has 1 heterocycles. The van der Waals surface area contributed by atoms with Crippen molar-refractivity contribution in [3.05, 3.63) is 41.7 Å². The first-order valence-corrected chi connectivity index (χ1v) is 7.17. The number of nitrogens with zero attached hydrogens (tertiary/aromatic N) is 3. The average Bonchev–Trinajstić information content (AvgIpc) is 2.71. The SMILES string of the molecule is CC1=C(N)C(=O)[N+](NC(=O)N(C)CC(=O)O)(c2ccccc2)N1C. The number of rotatable bonds is 4. The fourth-order valence-corrected chi connectivity index (χ4v) is 2.49. The van der Waals surface area contributed by atoms with Gasteiger partial charge in [0.2, 0.25) is 0 Å². The number of urea groups is 1. The Hall–Kier alpha value is -3.07. The highest BCUT2D eigenvalue weighted by Gasteiger charge is 2.54. The van der Waals surface area contributed by atoms with Crippen LogP contribution in [-0.4, -0.2) is 53.6 Å². The quantitative estimate of drug-likeness (QED) is 0.678. The van der Waals surface area contributed by atoms with Gasteiger partial charge in [0.25, 0.3) is 0 Å². The molecule has 4 N–H and O–H groups in total. The molecular weight excluding hydrogens is 314 g/mol. The fraction of sp³-hybridized carbons (Fsp3) is 0.267. The monoisotopic (exact) mass is 334 g/mol. The zero-order valence-electron chi connectivity index (χ0n) is 13.7. The number of benzene rings is 1. The Morgan fingerprint density at radius 2 is 1.92 bits per heavy atom. The van der Waals surface area contributed by atoms with Crippen LogP contribution in [0.4, 0.5) is 10.5 Å². The minimum Gasteiger partial charge on any atom is -0.480 e. The number of hydrogen-bond acceptors (Lipinski definition) is 5. The standard InChI is InChI=1S/C15H19N5O4/c1-10-13(16)14(23)20(19(10)3,11-7-5-4-6-8-11)17-15(24)18(2)9-12(21)22/h4-8H,9,16H2,1-3H3,(H-,17,21,22,24)/p+1. The van der Waals surface area contributed by atoms with E-state index in [-0.39, 0.29) is 5.70 Å². The Balaban J connectivity index is 2.46. The number of carboxylic acids is 1. The summed E-state index contributed by atoms with van der Waals surface area (Å²) in [5.41, 5.74) is 9.47. The largest absolute Gasteiger partial charge is 0.480 e. The summed E-state index contributed by atoms with van der Waals surface area (Å²) in [5, 5.41) is 10.4. The molecule has 9 nitrogen and oxygen atoms in total. The molecule has 0 fully saturated rings. The summed E-state index contributed by atoms with van der Waals surface area (Å²) in [6.45, 7) is 1.17. The molecule has 0 aliphatic carbocycles. The van der Waals surface area contributed by atoms with E-state index in [4.69, 9.17) is 10.8 Å². The minimum absolute atomic E-state index is 0.0301. The molecule has 1 unspecified atom stereocenters. The highest BCUT2D eigenvalue weighted by Crippen LogP contribution is 2.32. The third-order valence-corrected chi connectivity index (χ3v) is 3.96. The van der Waals surface area contributed by atoms with E-state index in [1.807, 2.05) is 0 Å². The summed E-state index contributed by atoms with van der Waals surface area (Å²) >= 11 is 0. The lowest BCUT2D eigenvalue weighted by Crippen LogP contribution is -2.71. The van der Waals surface area contributed by atoms with Gasteiger partial charge in [-0.05, 0) is 11.6 Å². The Morgan fingerprint density at radius 1 is 1.33 bits per heavy atom. The van der Waals surface area contributed by atoms with Crippen molar-refractivity contribution in [2.24, 2.45) is 5.73 Å². The predicted octanol–water partition coefficient (Wildman–Crippen LogP) is 0.212. The lowest BCUT2D eigenvalue weighted by molar-refractivity contribution is -0.138. The van der Waals surface area contributed by atoms with Crippen LogP contribution in [-0.2, 0) is 9.59 Å². The maximum absolute atomic E-state index is 12.8. The molecule has 1 aliphatic heterocycles. The number of nitrogens with one attached hydrogen (secondary N) is 1. The smallest absolute Gasteiger partial charge is 0.418 e. The van der Waals surface area contributed by atoms with Gasteiger partial charge in [-0.25, -0.2) is 9.59 Å². The molecule has 1 aromatic carbocycles. The summed E-state index contributed by atoms with van der Waals surface area (Å²) in [5.74, 6) is -1.67. The van der Waals surface area contributed by atoms with Crippen LogP contribution in [0.2, 0.25) is 0 Å². The first-order valence-electron chi connectivity index (χ1n) is 7.17. The normalized spacial score (nSPS) is 20.3. The van der Waals surface area contributed by atoms with E-state index in [1.165, 1.54) is 12.1 Å². The van der Waals surface area contributed by atoms with E-state index in [0.29, 0.717) is 11.4 Å². The molecule has 9 heteroatoms. The van der Waals surface area contributed by atoms with E-state index in [2.05, 4.69) is 5.43 Å². The van der Waals surface area contributed by atoms with Crippen LogP contribution < -0.4 is 15.9 Å². The number of amides is 3. The number of quaternary nitrogens is 1. The highest BCUT2D eigenvalue weighted by atomic mass is 16.4. The van der Waals surface area contributed by atoms with Crippen molar-refractivity contribution in [1.29, 1.82) is 0 Å². The second kappa shape index (κ2) is 6.20. The van der Waals surface area contributed by atoms with Crippen LogP contribution in [0.25, 0.3) is 0 Å². The number of aliphatic carboxylic acids is 1. The van der Waals surface area contributed by atoms with Crippen molar-refractivity contribution < 1.29 is 19.5 Å². The molecule has 0 spiro atoms. The summed E-state index contributed by atoms with van der Waals surface area (Å²) in [7, 11) is 2.95. The van der Waals surface area contributed by atoms with Crippen molar-refractivity contribution in [2.75, 3.05) is 20.6 Å². The summed E-state index contributed by atoms with van der Waals surface area (Å²) in [6.07, 6.45) is 0. The van der Waals surface area contributed by atoms with E-state index in [1.54, 1.807) is 44.3 Å². The van der Waals surface area contributed by atoms with Crippen LogP contribution in [0.5, 0.6) is 0 Å². The first-order chi connectivity index (χ1) is 11.2. The molecule has 0 saturated carbocycles. The van der Waals surface area contributed by atoms with Crippen LogP contribution in [0, 0.1) is 0 Å². The van der Waals surface area contributed by atoms with Crippen LogP contribution in [0.3, 0.4) is 0 Å². The van der Waals surface area contributed by atoms with Gasteiger partial charge in [-0.15, -0.1) is 5.43 Å². The Morgan fingerprint density at radius 3 is 2.38 bits per heavy atom. The average molecular weight is 334 g/mol.